The molecule has 0 bridgehead atoms. The highest BCUT2D eigenvalue weighted by Gasteiger charge is 2.22. The van der Waals surface area contributed by atoms with Gasteiger partial charge in [0.1, 0.15) is 11.1 Å². The second-order valence-corrected chi connectivity index (χ2v) is 7.37. The summed E-state index contributed by atoms with van der Waals surface area (Å²) in [5, 5.41) is 2.71. The van der Waals surface area contributed by atoms with Crippen LogP contribution in [-0.2, 0) is 20.1 Å². The van der Waals surface area contributed by atoms with Crippen molar-refractivity contribution < 1.29 is 9.21 Å². The van der Waals surface area contributed by atoms with E-state index in [4.69, 9.17) is 4.42 Å². The zero-order chi connectivity index (χ0) is 18.8. The maximum Gasteiger partial charge on any atom is 0.349 e. The fourth-order valence-electron chi connectivity index (χ4n) is 3.03. The molecule has 1 aromatic carbocycles. The SMILES string of the molecule is Cn1cccc1CN(Cc1cccs1)C(=O)c1cc2ccccc2oc1=O. The summed E-state index contributed by atoms with van der Waals surface area (Å²) in [6.45, 7) is 0.848. The summed E-state index contributed by atoms with van der Waals surface area (Å²) in [5.74, 6) is -0.330. The van der Waals surface area contributed by atoms with Crippen LogP contribution in [0.25, 0.3) is 11.0 Å². The number of carbonyl (C=O) groups is 1. The highest BCUT2D eigenvalue weighted by atomic mass is 32.1. The predicted molar refractivity (Wildman–Crippen MR) is 106 cm³/mol. The second kappa shape index (κ2) is 7.25. The molecule has 0 saturated heterocycles. The van der Waals surface area contributed by atoms with E-state index in [0.29, 0.717) is 18.7 Å². The van der Waals surface area contributed by atoms with Gasteiger partial charge in [0, 0.05) is 29.2 Å². The summed E-state index contributed by atoms with van der Waals surface area (Å²) in [6.07, 6.45) is 1.94. The van der Waals surface area contributed by atoms with E-state index in [2.05, 4.69) is 0 Å². The number of thiophene rings is 1. The van der Waals surface area contributed by atoms with Crippen LogP contribution in [0.5, 0.6) is 0 Å². The fourth-order valence-corrected chi connectivity index (χ4v) is 3.75. The van der Waals surface area contributed by atoms with Crippen molar-refractivity contribution in [2.45, 2.75) is 13.1 Å². The van der Waals surface area contributed by atoms with Crippen LogP contribution < -0.4 is 5.63 Å². The van der Waals surface area contributed by atoms with E-state index >= 15 is 0 Å². The molecule has 0 radical (unpaired) electrons. The topological polar surface area (TPSA) is 55.5 Å². The molecule has 0 aliphatic rings. The van der Waals surface area contributed by atoms with Crippen molar-refractivity contribution in [1.29, 1.82) is 0 Å². The van der Waals surface area contributed by atoms with Crippen LogP contribution in [0.3, 0.4) is 0 Å². The molecule has 0 spiro atoms. The first-order valence-electron chi connectivity index (χ1n) is 8.56. The number of aromatic nitrogens is 1. The summed E-state index contributed by atoms with van der Waals surface area (Å²) < 4.78 is 7.32. The van der Waals surface area contributed by atoms with Crippen LogP contribution in [0.2, 0.25) is 0 Å². The minimum atomic E-state index is -0.609. The van der Waals surface area contributed by atoms with Crippen molar-refractivity contribution >= 4 is 28.2 Å². The molecule has 4 rings (SSSR count). The van der Waals surface area contributed by atoms with Crippen molar-refractivity contribution in [3.05, 3.63) is 92.7 Å². The zero-order valence-electron chi connectivity index (χ0n) is 14.8. The van der Waals surface area contributed by atoms with E-state index in [1.54, 1.807) is 34.4 Å². The molecular formula is C21H18N2O3S. The van der Waals surface area contributed by atoms with E-state index in [1.807, 2.05) is 59.6 Å². The molecule has 0 aliphatic heterocycles. The summed E-state index contributed by atoms with van der Waals surface area (Å²) in [5.41, 5.74) is 0.914. The molecule has 0 atom stereocenters. The van der Waals surface area contributed by atoms with Gasteiger partial charge in [0.2, 0.25) is 0 Å². The second-order valence-electron chi connectivity index (χ2n) is 6.34. The van der Waals surface area contributed by atoms with Crippen molar-refractivity contribution in [2.75, 3.05) is 0 Å². The van der Waals surface area contributed by atoms with Gasteiger partial charge in [-0.2, -0.15) is 0 Å². The maximum absolute atomic E-state index is 13.2. The Kier molecular flexibility index (Phi) is 4.64. The number of nitrogens with zero attached hydrogens (tertiary/aromatic N) is 2. The van der Waals surface area contributed by atoms with Crippen LogP contribution >= 0.6 is 11.3 Å². The molecule has 5 nitrogen and oxygen atoms in total. The molecule has 6 heteroatoms. The number of carbonyl (C=O) groups excluding carboxylic acids is 1. The number of benzene rings is 1. The minimum Gasteiger partial charge on any atom is -0.422 e. The smallest absolute Gasteiger partial charge is 0.349 e. The Hall–Kier alpha value is -3.12. The van der Waals surface area contributed by atoms with Crippen molar-refractivity contribution in [3.8, 4) is 0 Å². The number of hydrogen-bond acceptors (Lipinski definition) is 4. The monoisotopic (exact) mass is 378 g/mol. The Balaban J connectivity index is 1.72. The van der Waals surface area contributed by atoms with Crippen molar-refractivity contribution in [1.82, 2.24) is 9.47 Å². The third kappa shape index (κ3) is 3.57. The van der Waals surface area contributed by atoms with Crippen LogP contribution in [0.1, 0.15) is 20.9 Å². The Bertz CT molecular complexity index is 1140. The van der Waals surface area contributed by atoms with Gasteiger partial charge in [-0.25, -0.2) is 4.79 Å². The molecule has 1 amide bonds. The number of fused-ring (bicyclic) bond motifs is 1. The molecule has 136 valence electrons. The third-order valence-electron chi connectivity index (χ3n) is 4.49. The van der Waals surface area contributed by atoms with Gasteiger partial charge in [0.15, 0.2) is 0 Å². The number of para-hydroxylation sites is 1. The average Bonchev–Trinajstić information content (AvgIpc) is 3.32. The predicted octanol–water partition coefficient (Wildman–Crippen LogP) is 4.04. The van der Waals surface area contributed by atoms with E-state index in [-0.39, 0.29) is 11.5 Å². The van der Waals surface area contributed by atoms with Crippen molar-refractivity contribution in [3.63, 3.8) is 0 Å². The Morgan fingerprint density at radius 1 is 1.11 bits per heavy atom. The van der Waals surface area contributed by atoms with Crippen LogP contribution in [-0.4, -0.2) is 15.4 Å². The van der Waals surface area contributed by atoms with Crippen LogP contribution in [0.15, 0.2) is 75.4 Å². The molecule has 3 heterocycles. The quantitative estimate of drug-likeness (QED) is 0.493. The lowest BCUT2D eigenvalue weighted by Crippen LogP contribution is -2.33. The van der Waals surface area contributed by atoms with Crippen LogP contribution in [0.4, 0.5) is 0 Å². The van der Waals surface area contributed by atoms with Crippen LogP contribution in [0, 0.1) is 0 Å². The molecule has 3 aromatic heterocycles. The standard InChI is InChI=1S/C21H18N2O3S/c1-22-10-4-7-16(22)13-23(14-17-8-5-11-27-17)20(24)18-12-15-6-2-3-9-19(15)26-21(18)25/h2-12H,13-14H2,1H3. The van der Waals surface area contributed by atoms with E-state index < -0.39 is 5.63 Å². The Labute approximate surface area is 160 Å². The summed E-state index contributed by atoms with van der Waals surface area (Å²) in [6, 6.07) is 16.7. The highest BCUT2D eigenvalue weighted by Crippen LogP contribution is 2.19. The van der Waals surface area contributed by atoms with Crippen molar-refractivity contribution in [2.24, 2.45) is 7.05 Å². The number of hydrogen-bond donors (Lipinski definition) is 0. The summed E-state index contributed by atoms with van der Waals surface area (Å²) in [7, 11) is 1.94. The number of amides is 1. The molecule has 0 aliphatic carbocycles. The third-order valence-corrected chi connectivity index (χ3v) is 5.35. The lowest BCUT2D eigenvalue weighted by Gasteiger charge is -2.22. The largest absolute Gasteiger partial charge is 0.422 e. The first-order valence-corrected chi connectivity index (χ1v) is 9.44. The van der Waals surface area contributed by atoms with Gasteiger partial charge in [-0.1, -0.05) is 24.3 Å². The van der Waals surface area contributed by atoms with Gasteiger partial charge in [0.25, 0.3) is 5.91 Å². The highest BCUT2D eigenvalue weighted by molar-refractivity contribution is 7.09. The molecular weight excluding hydrogens is 360 g/mol. The van der Waals surface area contributed by atoms with Gasteiger partial charge in [-0.15, -0.1) is 11.3 Å². The maximum atomic E-state index is 13.2. The van der Waals surface area contributed by atoms with Gasteiger partial charge in [0.05, 0.1) is 13.1 Å². The first-order chi connectivity index (χ1) is 13.1. The lowest BCUT2D eigenvalue weighted by atomic mass is 10.1. The molecule has 4 aromatic rings. The van der Waals surface area contributed by atoms with Gasteiger partial charge in [-0.05, 0) is 35.7 Å². The van der Waals surface area contributed by atoms with E-state index in [1.165, 1.54) is 0 Å². The van der Waals surface area contributed by atoms with E-state index in [0.717, 1.165) is 16.0 Å². The van der Waals surface area contributed by atoms with Gasteiger partial charge < -0.3 is 13.9 Å². The zero-order valence-corrected chi connectivity index (χ0v) is 15.6. The molecule has 0 N–H and O–H groups in total. The number of rotatable bonds is 5. The lowest BCUT2D eigenvalue weighted by molar-refractivity contribution is 0.0724. The van der Waals surface area contributed by atoms with E-state index in [9.17, 15) is 9.59 Å². The normalized spacial score (nSPS) is 11.0. The molecule has 0 unspecified atom stereocenters. The Morgan fingerprint density at radius 2 is 1.96 bits per heavy atom. The fraction of sp³-hybridized carbons (Fsp3) is 0.143. The summed E-state index contributed by atoms with van der Waals surface area (Å²) >= 11 is 1.59. The minimum absolute atomic E-state index is 0.0551. The van der Waals surface area contributed by atoms with Gasteiger partial charge >= 0.3 is 5.63 Å². The Morgan fingerprint density at radius 3 is 2.70 bits per heavy atom. The summed E-state index contributed by atoms with van der Waals surface area (Å²) in [4.78, 5) is 28.4. The molecule has 0 saturated carbocycles. The average molecular weight is 378 g/mol. The van der Waals surface area contributed by atoms with Gasteiger partial charge in [-0.3, -0.25) is 4.79 Å². The first kappa shape index (κ1) is 17.3. The molecule has 0 fully saturated rings. The molecule has 27 heavy (non-hydrogen) atoms. The number of aryl methyl sites for hydroxylation is 1.